The number of fused-ring (bicyclic) bond motifs is 1. The third-order valence-corrected chi connectivity index (χ3v) is 5.56. The van der Waals surface area contributed by atoms with Gasteiger partial charge in [-0.05, 0) is 25.3 Å². The molecule has 0 saturated heterocycles. The highest BCUT2D eigenvalue weighted by Crippen LogP contribution is 2.32. The number of anilines is 1. The Labute approximate surface area is 121 Å². The Bertz CT molecular complexity index is 542. The van der Waals surface area contributed by atoms with Crippen molar-refractivity contribution in [1.29, 1.82) is 0 Å². The van der Waals surface area contributed by atoms with Gasteiger partial charge in [0.1, 0.15) is 0 Å². The van der Waals surface area contributed by atoms with Crippen LogP contribution in [-0.2, 0) is 9.84 Å². The molecule has 4 nitrogen and oxygen atoms in total. The van der Waals surface area contributed by atoms with Crippen molar-refractivity contribution in [3.05, 3.63) is 29.8 Å². The van der Waals surface area contributed by atoms with E-state index in [0.717, 1.165) is 30.6 Å². The summed E-state index contributed by atoms with van der Waals surface area (Å²) in [5, 5.41) is 10.1. The van der Waals surface area contributed by atoms with Gasteiger partial charge in [0, 0.05) is 30.1 Å². The highest BCUT2D eigenvalue weighted by Gasteiger charge is 2.22. The van der Waals surface area contributed by atoms with Gasteiger partial charge >= 0.3 is 0 Å². The number of nitrogens with zero attached hydrogens (tertiary/aromatic N) is 1. The molecule has 0 aromatic heterocycles. The van der Waals surface area contributed by atoms with Gasteiger partial charge in [-0.25, -0.2) is 8.42 Å². The molecule has 0 amide bonds. The van der Waals surface area contributed by atoms with Crippen molar-refractivity contribution in [2.75, 3.05) is 29.5 Å². The first kappa shape index (κ1) is 15.3. The highest BCUT2D eigenvalue weighted by molar-refractivity contribution is 7.91. The lowest BCUT2D eigenvalue weighted by atomic mass is 10.0. The molecule has 1 aliphatic rings. The summed E-state index contributed by atoms with van der Waals surface area (Å²) in [4.78, 5) is 2.10. The minimum absolute atomic E-state index is 0.186. The first-order chi connectivity index (χ1) is 9.53. The van der Waals surface area contributed by atoms with E-state index >= 15 is 0 Å². The predicted octanol–water partition coefficient (Wildman–Crippen LogP) is 2.14. The number of benzene rings is 1. The zero-order valence-corrected chi connectivity index (χ0v) is 12.8. The fourth-order valence-electron chi connectivity index (χ4n) is 2.70. The lowest BCUT2D eigenvalue weighted by molar-refractivity contribution is 0.168. The van der Waals surface area contributed by atoms with E-state index in [1.165, 1.54) is 0 Å². The molecule has 112 valence electrons. The van der Waals surface area contributed by atoms with Crippen LogP contribution in [0.15, 0.2) is 24.3 Å². The zero-order valence-electron chi connectivity index (χ0n) is 12.0. The summed E-state index contributed by atoms with van der Waals surface area (Å²) in [6, 6.07) is 7.75. The Hall–Kier alpha value is -1.07. The number of aliphatic hydroxyl groups is 1. The molecule has 5 heteroatoms. The molecule has 0 spiro atoms. The second-order valence-corrected chi connectivity index (χ2v) is 7.66. The SMILES string of the molecule is CCCS(=O)(=O)CCN1CCCC(O)c2ccccc21. The van der Waals surface area contributed by atoms with E-state index in [0.29, 0.717) is 13.0 Å². The van der Waals surface area contributed by atoms with Crippen LogP contribution in [0.2, 0.25) is 0 Å². The van der Waals surface area contributed by atoms with Crippen LogP contribution >= 0.6 is 0 Å². The van der Waals surface area contributed by atoms with Gasteiger partial charge in [0.05, 0.1) is 11.9 Å². The first-order valence-corrected chi connectivity index (χ1v) is 9.08. The molecule has 0 bridgehead atoms. The van der Waals surface area contributed by atoms with E-state index in [-0.39, 0.29) is 11.5 Å². The van der Waals surface area contributed by atoms with E-state index in [9.17, 15) is 13.5 Å². The van der Waals surface area contributed by atoms with Crippen LogP contribution in [0.3, 0.4) is 0 Å². The Morgan fingerprint density at radius 3 is 2.80 bits per heavy atom. The molecule has 1 aliphatic heterocycles. The maximum atomic E-state index is 11.9. The maximum absolute atomic E-state index is 11.9. The molecule has 1 aromatic rings. The number of rotatable bonds is 5. The van der Waals surface area contributed by atoms with Gasteiger partial charge < -0.3 is 10.0 Å². The average molecular weight is 297 g/mol. The van der Waals surface area contributed by atoms with Crippen molar-refractivity contribution >= 4 is 15.5 Å². The summed E-state index contributed by atoms with van der Waals surface area (Å²) in [5.74, 6) is 0.441. The minimum Gasteiger partial charge on any atom is -0.388 e. The van der Waals surface area contributed by atoms with E-state index in [1.54, 1.807) is 0 Å². The van der Waals surface area contributed by atoms with Crippen molar-refractivity contribution in [2.24, 2.45) is 0 Å². The maximum Gasteiger partial charge on any atom is 0.152 e. The average Bonchev–Trinajstić information content (AvgIpc) is 2.57. The molecular formula is C15H23NO3S. The molecule has 1 heterocycles. The lowest BCUT2D eigenvalue weighted by Gasteiger charge is -2.25. The molecule has 1 unspecified atom stereocenters. The Morgan fingerprint density at radius 1 is 1.30 bits per heavy atom. The summed E-state index contributed by atoms with van der Waals surface area (Å²) in [5.41, 5.74) is 1.89. The first-order valence-electron chi connectivity index (χ1n) is 7.26. The molecule has 0 radical (unpaired) electrons. The second kappa shape index (κ2) is 6.59. The fraction of sp³-hybridized carbons (Fsp3) is 0.600. The van der Waals surface area contributed by atoms with Gasteiger partial charge in [-0.1, -0.05) is 25.1 Å². The molecular weight excluding hydrogens is 274 g/mol. The summed E-state index contributed by atoms with van der Waals surface area (Å²) >= 11 is 0. The van der Waals surface area contributed by atoms with Crippen molar-refractivity contribution in [3.8, 4) is 0 Å². The monoisotopic (exact) mass is 297 g/mol. The number of para-hydroxylation sites is 1. The van der Waals surface area contributed by atoms with Crippen LogP contribution in [0.5, 0.6) is 0 Å². The topological polar surface area (TPSA) is 57.6 Å². The van der Waals surface area contributed by atoms with Gasteiger partial charge in [-0.3, -0.25) is 0 Å². The molecule has 1 aromatic carbocycles. The smallest absolute Gasteiger partial charge is 0.152 e. The summed E-state index contributed by atoms with van der Waals surface area (Å²) < 4.78 is 23.7. The molecule has 2 rings (SSSR count). The van der Waals surface area contributed by atoms with Gasteiger partial charge in [0.15, 0.2) is 9.84 Å². The van der Waals surface area contributed by atoms with Gasteiger partial charge in [0.2, 0.25) is 0 Å². The predicted molar refractivity (Wildman–Crippen MR) is 81.8 cm³/mol. The van der Waals surface area contributed by atoms with E-state index < -0.39 is 15.9 Å². The lowest BCUT2D eigenvalue weighted by Crippen LogP contribution is -2.30. The Kier molecular flexibility index (Phi) is 5.05. The largest absolute Gasteiger partial charge is 0.388 e. The number of hydrogen-bond acceptors (Lipinski definition) is 4. The molecule has 1 atom stereocenters. The van der Waals surface area contributed by atoms with E-state index in [1.807, 2.05) is 31.2 Å². The van der Waals surface area contributed by atoms with Crippen LogP contribution in [0.1, 0.15) is 37.9 Å². The molecule has 20 heavy (non-hydrogen) atoms. The highest BCUT2D eigenvalue weighted by atomic mass is 32.2. The number of aliphatic hydroxyl groups excluding tert-OH is 1. The number of hydrogen-bond donors (Lipinski definition) is 1. The Balaban J connectivity index is 2.14. The summed E-state index contributed by atoms with van der Waals surface area (Å²) in [7, 11) is -2.96. The van der Waals surface area contributed by atoms with Crippen LogP contribution in [0.4, 0.5) is 5.69 Å². The van der Waals surface area contributed by atoms with Crippen molar-refractivity contribution in [3.63, 3.8) is 0 Å². The second-order valence-electron chi connectivity index (χ2n) is 5.36. The minimum atomic E-state index is -2.96. The van der Waals surface area contributed by atoms with Crippen LogP contribution in [0.25, 0.3) is 0 Å². The van der Waals surface area contributed by atoms with Crippen molar-refractivity contribution < 1.29 is 13.5 Å². The summed E-state index contributed by atoms with van der Waals surface area (Å²) in [6.07, 6.45) is 1.83. The third-order valence-electron chi connectivity index (χ3n) is 3.73. The Morgan fingerprint density at radius 2 is 2.05 bits per heavy atom. The molecule has 0 fully saturated rings. The number of sulfone groups is 1. The summed E-state index contributed by atoms with van der Waals surface area (Å²) in [6.45, 7) is 3.19. The van der Waals surface area contributed by atoms with Crippen LogP contribution in [-0.4, -0.2) is 38.1 Å². The zero-order chi connectivity index (χ0) is 14.6. The molecule has 0 saturated carbocycles. The van der Waals surface area contributed by atoms with Gasteiger partial charge in [-0.15, -0.1) is 0 Å². The van der Waals surface area contributed by atoms with E-state index in [2.05, 4.69) is 4.90 Å². The molecule has 1 N–H and O–H groups in total. The van der Waals surface area contributed by atoms with Crippen molar-refractivity contribution in [1.82, 2.24) is 0 Å². The quantitative estimate of drug-likeness (QED) is 0.904. The standard InChI is InChI=1S/C15H23NO3S/c1-2-11-20(18,19)12-10-16-9-5-8-15(17)13-6-3-4-7-14(13)16/h3-4,6-7,15,17H,2,5,8-12H2,1H3. The normalized spacial score (nSPS) is 19.5. The van der Waals surface area contributed by atoms with Gasteiger partial charge in [-0.2, -0.15) is 0 Å². The van der Waals surface area contributed by atoms with E-state index in [4.69, 9.17) is 0 Å². The van der Waals surface area contributed by atoms with Crippen molar-refractivity contribution in [2.45, 2.75) is 32.3 Å². The fourth-order valence-corrected chi connectivity index (χ4v) is 4.03. The molecule has 0 aliphatic carbocycles. The van der Waals surface area contributed by atoms with Crippen LogP contribution < -0.4 is 4.90 Å². The van der Waals surface area contributed by atoms with Crippen LogP contribution in [0, 0.1) is 0 Å². The van der Waals surface area contributed by atoms with Gasteiger partial charge in [0.25, 0.3) is 0 Å². The third kappa shape index (κ3) is 3.73.